The Morgan fingerprint density at radius 1 is 1.45 bits per heavy atom. The van der Waals surface area contributed by atoms with E-state index in [1.807, 2.05) is 0 Å². The molecule has 1 aromatic heterocycles. The van der Waals surface area contributed by atoms with E-state index in [1.54, 1.807) is 18.4 Å². The first kappa shape index (κ1) is 15.4. The van der Waals surface area contributed by atoms with Gasteiger partial charge in [0.1, 0.15) is 10.7 Å². The molecule has 2 rings (SSSR count). The van der Waals surface area contributed by atoms with Gasteiger partial charge < -0.3 is 5.73 Å². The van der Waals surface area contributed by atoms with E-state index in [0.717, 1.165) is 0 Å². The second-order valence-corrected chi connectivity index (χ2v) is 7.60. The van der Waals surface area contributed by atoms with Crippen LogP contribution in [0.25, 0.3) is 0 Å². The van der Waals surface area contributed by atoms with Crippen molar-refractivity contribution in [3.05, 3.63) is 44.3 Å². The first-order valence-corrected chi connectivity index (χ1v) is 8.75. The predicted molar refractivity (Wildman–Crippen MR) is 81.9 cm³/mol. The highest BCUT2D eigenvalue weighted by Gasteiger charge is 2.23. The standard InChI is InChI=1S/C12H12BrFN2O2S2/c1-7-6-19-11(5-15)12(7)20(17,18)16-10-3-2-8(13)4-9(10)14/h2-4,6,16H,5,15H2,1H3. The van der Waals surface area contributed by atoms with Crippen LogP contribution in [0, 0.1) is 12.7 Å². The number of halogens is 2. The number of nitrogens with two attached hydrogens (primary N) is 1. The maximum atomic E-state index is 13.7. The van der Waals surface area contributed by atoms with E-state index < -0.39 is 15.8 Å². The first-order chi connectivity index (χ1) is 9.35. The molecule has 108 valence electrons. The monoisotopic (exact) mass is 378 g/mol. The quantitative estimate of drug-likeness (QED) is 0.857. The molecule has 1 aromatic carbocycles. The Morgan fingerprint density at radius 2 is 2.15 bits per heavy atom. The molecule has 0 aliphatic rings. The number of benzene rings is 1. The summed E-state index contributed by atoms with van der Waals surface area (Å²) in [7, 11) is -3.85. The summed E-state index contributed by atoms with van der Waals surface area (Å²) >= 11 is 4.39. The van der Waals surface area contributed by atoms with E-state index in [0.29, 0.717) is 14.9 Å². The number of anilines is 1. The summed E-state index contributed by atoms with van der Waals surface area (Å²) in [6, 6.07) is 4.12. The van der Waals surface area contributed by atoms with E-state index in [-0.39, 0.29) is 17.1 Å². The highest BCUT2D eigenvalue weighted by molar-refractivity contribution is 9.10. The van der Waals surface area contributed by atoms with Crippen molar-refractivity contribution in [1.29, 1.82) is 0 Å². The molecule has 2 aromatic rings. The predicted octanol–water partition coefficient (Wildman–Crippen LogP) is 3.22. The number of hydrogen-bond acceptors (Lipinski definition) is 4. The second kappa shape index (κ2) is 5.80. The van der Waals surface area contributed by atoms with Gasteiger partial charge in [0.15, 0.2) is 0 Å². The molecule has 0 atom stereocenters. The third-order valence-corrected chi connectivity index (χ3v) is 5.96. The Kier molecular flexibility index (Phi) is 4.48. The van der Waals surface area contributed by atoms with Gasteiger partial charge in [0, 0.05) is 15.9 Å². The highest BCUT2D eigenvalue weighted by atomic mass is 79.9. The number of rotatable bonds is 4. The molecule has 0 fully saturated rings. The van der Waals surface area contributed by atoms with Gasteiger partial charge >= 0.3 is 0 Å². The van der Waals surface area contributed by atoms with Crippen LogP contribution in [0.1, 0.15) is 10.4 Å². The minimum atomic E-state index is -3.85. The van der Waals surface area contributed by atoms with Crippen LogP contribution >= 0.6 is 27.3 Å². The van der Waals surface area contributed by atoms with Crippen molar-refractivity contribution in [1.82, 2.24) is 0 Å². The van der Waals surface area contributed by atoms with Gasteiger partial charge in [0.2, 0.25) is 0 Å². The second-order valence-electron chi connectivity index (χ2n) is 4.10. The maximum absolute atomic E-state index is 13.7. The molecule has 0 radical (unpaired) electrons. The van der Waals surface area contributed by atoms with Crippen LogP contribution in [0.3, 0.4) is 0 Å². The number of hydrogen-bond donors (Lipinski definition) is 2. The van der Waals surface area contributed by atoms with Crippen molar-refractivity contribution >= 4 is 43.0 Å². The fourth-order valence-corrected chi connectivity index (χ4v) is 4.86. The van der Waals surface area contributed by atoms with Crippen molar-refractivity contribution in [2.24, 2.45) is 5.73 Å². The van der Waals surface area contributed by atoms with E-state index >= 15 is 0 Å². The fraction of sp³-hybridized carbons (Fsp3) is 0.167. The summed E-state index contributed by atoms with van der Waals surface area (Å²) in [4.78, 5) is 0.680. The lowest BCUT2D eigenvalue weighted by molar-refractivity contribution is 0.597. The third kappa shape index (κ3) is 3.03. The molecule has 20 heavy (non-hydrogen) atoms. The molecule has 0 aliphatic heterocycles. The van der Waals surface area contributed by atoms with Gasteiger partial charge in [-0.3, -0.25) is 4.72 Å². The van der Waals surface area contributed by atoms with Gasteiger partial charge in [-0.1, -0.05) is 15.9 Å². The summed E-state index contributed by atoms with van der Waals surface area (Å²) in [6.45, 7) is 1.81. The molecular weight excluding hydrogens is 367 g/mol. The number of aryl methyl sites for hydroxylation is 1. The molecule has 1 heterocycles. The molecule has 0 spiro atoms. The van der Waals surface area contributed by atoms with E-state index in [1.165, 1.54) is 23.5 Å². The zero-order chi connectivity index (χ0) is 14.9. The summed E-state index contributed by atoms with van der Waals surface area (Å²) in [5, 5.41) is 1.72. The topological polar surface area (TPSA) is 72.2 Å². The van der Waals surface area contributed by atoms with Crippen LogP contribution in [0.5, 0.6) is 0 Å². The average Bonchev–Trinajstić information content (AvgIpc) is 2.75. The largest absolute Gasteiger partial charge is 0.326 e. The molecule has 0 aliphatic carbocycles. The molecule has 0 unspecified atom stereocenters. The number of nitrogens with one attached hydrogen (secondary N) is 1. The zero-order valence-corrected chi connectivity index (χ0v) is 13.7. The summed E-state index contributed by atoms with van der Waals surface area (Å²) < 4.78 is 41.2. The Morgan fingerprint density at radius 3 is 2.75 bits per heavy atom. The van der Waals surface area contributed by atoms with Gasteiger partial charge in [-0.15, -0.1) is 11.3 Å². The van der Waals surface area contributed by atoms with Gasteiger partial charge in [-0.05, 0) is 36.1 Å². The van der Waals surface area contributed by atoms with Crippen molar-refractivity contribution in [2.75, 3.05) is 4.72 Å². The average molecular weight is 379 g/mol. The fourth-order valence-electron chi connectivity index (χ4n) is 1.76. The van der Waals surface area contributed by atoms with Crippen LogP contribution in [0.4, 0.5) is 10.1 Å². The first-order valence-electron chi connectivity index (χ1n) is 5.60. The minimum Gasteiger partial charge on any atom is -0.326 e. The van der Waals surface area contributed by atoms with Crippen LogP contribution < -0.4 is 10.5 Å². The van der Waals surface area contributed by atoms with Gasteiger partial charge in [0.05, 0.1) is 5.69 Å². The van der Waals surface area contributed by atoms with Crippen molar-refractivity contribution in [3.8, 4) is 0 Å². The molecule has 0 saturated carbocycles. The van der Waals surface area contributed by atoms with Crippen LogP contribution in [0.2, 0.25) is 0 Å². The van der Waals surface area contributed by atoms with E-state index in [2.05, 4.69) is 20.7 Å². The lowest BCUT2D eigenvalue weighted by atomic mass is 10.3. The van der Waals surface area contributed by atoms with Crippen molar-refractivity contribution < 1.29 is 12.8 Å². The Bertz CT molecular complexity index is 744. The molecule has 0 bridgehead atoms. The summed E-state index contributed by atoms with van der Waals surface area (Å²) in [6.07, 6.45) is 0. The maximum Gasteiger partial charge on any atom is 0.263 e. The Hall–Kier alpha value is -0.960. The van der Waals surface area contributed by atoms with Gasteiger partial charge in [-0.25, -0.2) is 12.8 Å². The van der Waals surface area contributed by atoms with E-state index in [4.69, 9.17) is 5.73 Å². The lowest BCUT2D eigenvalue weighted by Gasteiger charge is -2.10. The van der Waals surface area contributed by atoms with Crippen LogP contribution in [-0.2, 0) is 16.6 Å². The molecule has 3 N–H and O–H groups in total. The molecular formula is C12H12BrFN2O2S2. The Labute approximate surface area is 129 Å². The van der Waals surface area contributed by atoms with Crippen LogP contribution in [0.15, 0.2) is 32.9 Å². The minimum absolute atomic E-state index is 0.0956. The number of thiophene rings is 1. The highest BCUT2D eigenvalue weighted by Crippen LogP contribution is 2.29. The number of sulfonamides is 1. The molecule has 4 nitrogen and oxygen atoms in total. The zero-order valence-electron chi connectivity index (χ0n) is 10.5. The molecule has 0 amide bonds. The smallest absolute Gasteiger partial charge is 0.263 e. The van der Waals surface area contributed by atoms with E-state index in [9.17, 15) is 12.8 Å². The molecule has 8 heteroatoms. The third-order valence-electron chi connectivity index (χ3n) is 2.62. The lowest BCUT2D eigenvalue weighted by Crippen LogP contribution is -2.16. The summed E-state index contributed by atoms with van der Waals surface area (Å²) in [5.74, 6) is -0.648. The normalized spacial score (nSPS) is 11.6. The van der Waals surface area contributed by atoms with Crippen molar-refractivity contribution in [3.63, 3.8) is 0 Å². The Balaban J connectivity index is 2.43. The summed E-state index contributed by atoms with van der Waals surface area (Å²) in [5.41, 5.74) is 6.04. The molecule has 0 saturated heterocycles. The van der Waals surface area contributed by atoms with Gasteiger partial charge in [-0.2, -0.15) is 0 Å². The van der Waals surface area contributed by atoms with Crippen molar-refractivity contribution in [2.45, 2.75) is 18.4 Å². The van der Waals surface area contributed by atoms with Crippen LogP contribution in [-0.4, -0.2) is 8.42 Å². The SMILES string of the molecule is Cc1csc(CN)c1S(=O)(=O)Nc1ccc(Br)cc1F. The van der Waals surface area contributed by atoms with Gasteiger partial charge in [0.25, 0.3) is 10.0 Å².